The second-order valence-electron chi connectivity index (χ2n) is 6.59. The molecule has 3 N–H and O–H groups in total. The monoisotopic (exact) mass is 402 g/mol. The lowest BCUT2D eigenvalue weighted by Gasteiger charge is -2.28. The second kappa shape index (κ2) is 7.48. The van der Waals surface area contributed by atoms with Gasteiger partial charge in [0.05, 0.1) is 16.6 Å². The van der Waals surface area contributed by atoms with E-state index < -0.39 is 28.2 Å². The molecule has 0 fully saturated rings. The number of hydrogen-bond acceptors (Lipinski definition) is 7. The van der Waals surface area contributed by atoms with Crippen molar-refractivity contribution in [2.75, 3.05) is 10.6 Å². The van der Waals surface area contributed by atoms with E-state index in [-0.39, 0.29) is 23.0 Å². The number of carbonyl (C=O) groups excluding carboxylic acids is 1. The van der Waals surface area contributed by atoms with Crippen molar-refractivity contribution >= 4 is 29.0 Å². The summed E-state index contributed by atoms with van der Waals surface area (Å²) in [5.74, 6) is -2.53. The molecule has 0 radical (unpaired) electrons. The van der Waals surface area contributed by atoms with E-state index in [4.69, 9.17) is 0 Å². The first kappa shape index (κ1) is 18.8. The number of nitrogens with zero attached hydrogens (tertiary/aromatic N) is 3. The van der Waals surface area contributed by atoms with Gasteiger partial charge < -0.3 is 10.6 Å². The molecule has 2 aromatic carbocycles. The number of amides is 1. The zero-order chi connectivity index (χ0) is 21.3. The molecular weight excluding hydrogens is 388 g/mol. The van der Waals surface area contributed by atoms with Crippen LogP contribution in [0.5, 0.6) is 0 Å². The number of nitro benzene ring substituents is 1. The number of aromatic amines is 1. The van der Waals surface area contributed by atoms with E-state index in [1.54, 1.807) is 12.1 Å². The number of fused-ring (bicyclic) bond motifs is 1. The SMILES string of the molecule is N#C[C@H]1C(=O)Nc2nc(Nc3ccccc3)[nH]c(=O)c2[C@H]1c1ccc([N+](=O)[O-])cc1. The average Bonchev–Trinajstić information content (AvgIpc) is 2.73. The molecule has 0 saturated carbocycles. The molecule has 4 rings (SSSR count). The quantitative estimate of drug-likeness (QED) is 0.448. The van der Waals surface area contributed by atoms with Gasteiger partial charge in [-0.3, -0.25) is 24.7 Å². The standard InChI is InChI=1S/C20H14N6O4/c21-10-14-15(11-6-8-13(9-7-11)26(29)30)16-17(23-18(14)27)24-20(25-19(16)28)22-12-4-2-1-3-5-12/h1-9,14-15H,(H3,22,23,24,25,27,28)/t14-,15+/m1/s1. The predicted octanol–water partition coefficient (Wildman–Crippen LogP) is 2.65. The average molecular weight is 402 g/mol. The number of hydrogen-bond donors (Lipinski definition) is 3. The molecule has 10 nitrogen and oxygen atoms in total. The zero-order valence-electron chi connectivity index (χ0n) is 15.3. The van der Waals surface area contributed by atoms with Gasteiger partial charge in [0.1, 0.15) is 11.7 Å². The van der Waals surface area contributed by atoms with Crippen LogP contribution in [-0.4, -0.2) is 20.8 Å². The number of para-hydroxylation sites is 1. The van der Waals surface area contributed by atoms with Gasteiger partial charge in [-0.1, -0.05) is 30.3 Å². The minimum Gasteiger partial charge on any atom is -0.326 e. The van der Waals surface area contributed by atoms with E-state index in [1.807, 2.05) is 24.3 Å². The van der Waals surface area contributed by atoms with E-state index >= 15 is 0 Å². The normalized spacial score (nSPS) is 17.4. The molecular formula is C20H14N6O4. The zero-order valence-corrected chi connectivity index (χ0v) is 15.3. The van der Waals surface area contributed by atoms with Gasteiger partial charge >= 0.3 is 0 Å². The van der Waals surface area contributed by atoms with Gasteiger partial charge in [0.15, 0.2) is 0 Å². The number of aromatic nitrogens is 2. The van der Waals surface area contributed by atoms with Crippen molar-refractivity contribution in [2.45, 2.75) is 5.92 Å². The molecule has 2 heterocycles. The van der Waals surface area contributed by atoms with Crippen LogP contribution in [0.25, 0.3) is 0 Å². The maximum Gasteiger partial charge on any atom is 0.269 e. The fraction of sp³-hybridized carbons (Fsp3) is 0.100. The Labute approximate surface area is 169 Å². The van der Waals surface area contributed by atoms with Gasteiger partial charge in [-0.25, -0.2) is 0 Å². The lowest BCUT2D eigenvalue weighted by atomic mass is 9.79. The molecule has 3 aromatic rings. The summed E-state index contributed by atoms with van der Waals surface area (Å²) < 4.78 is 0. The summed E-state index contributed by atoms with van der Waals surface area (Å²) in [6, 6.07) is 16.3. The summed E-state index contributed by atoms with van der Waals surface area (Å²) in [4.78, 5) is 42.7. The van der Waals surface area contributed by atoms with Gasteiger partial charge in [-0.05, 0) is 17.7 Å². The first-order valence-corrected chi connectivity index (χ1v) is 8.89. The lowest BCUT2D eigenvalue weighted by Crippen LogP contribution is -2.38. The van der Waals surface area contributed by atoms with E-state index in [0.29, 0.717) is 11.3 Å². The van der Waals surface area contributed by atoms with Gasteiger partial charge in [0, 0.05) is 23.7 Å². The third-order valence-corrected chi connectivity index (χ3v) is 4.76. The van der Waals surface area contributed by atoms with Crippen molar-refractivity contribution in [3.05, 3.63) is 86.2 Å². The topological polar surface area (TPSA) is 154 Å². The number of nitrogens with one attached hydrogen (secondary N) is 3. The Balaban J connectivity index is 1.80. The Morgan fingerprint density at radius 3 is 2.43 bits per heavy atom. The van der Waals surface area contributed by atoms with Crippen LogP contribution in [0.2, 0.25) is 0 Å². The molecule has 1 amide bonds. The number of carbonyl (C=O) groups is 1. The fourth-order valence-corrected chi connectivity index (χ4v) is 3.39. The van der Waals surface area contributed by atoms with Crippen LogP contribution in [0.1, 0.15) is 17.0 Å². The highest BCUT2D eigenvalue weighted by molar-refractivity contribution is 5.98. The highest BCUT2D eigenvalue weighted by Crippen LogP contribution is 2.38. The first-order valence-electron chi connectivity index (χ1n) is 8.89. The maximum atomic E-state index is 12.9. The molecule has 0 aliphatic carbocycles. The maximum absolute atomic E-state index is 12.9. The number of rotatable bonds is 4. The molecule has 0 unspecified atom stereocenters. The molecule has 10 heteroatoms. The summed E-state index contributed by atoms with van der Waals surface area (Å²) in [5.41, 5.74) is 0.571. The smallest absolute Gasteiger partial charge is 0.269 e. The van der Waals surface area contributed by atoms with Crippen LogP contribution in [0.15, 0.2) is 59.4 Å². The van der Waals surface area contributed by atoms with Crippen LogP contribution in [0.3, 0.4) is 0 Å². The summed E-state index contributed by atoms with van der Waals surface area (Å²) >= 11 is 0. The van der Waals surface area contributed by atoms with E-state index in [2.05, 4.69) is 20.6 Å². The molecule has 148 valence electrons. The number of H-pyrrole nitrogens is 1. The lowest BCUT2D eigenvalue weighted by molar-refractivity contribution is -0.384. The van der Waals surface area contributed by atoms with Crippen molar-refractivity contribution in [2.24, 2.45) is 5.92 Å². The number of nitro groups is 1. The van der Waals surface area contributed by atoms with Gasteiger partial charge in [0.25, 0.3) is 11.2 Å². The summed E-state index contributed by atoms with van der Waals surface area (Å²) in [6.07, 6.45) is 0. The minimum atomic E-state index is -1.19. The third kappa shape index (κ3) is 3.35. The Bertz CT molecular complexity index is 1230. The Morgan fingerprint density at radius 1 is 1.10 bits per heavy atom. The van der Waals surface area contributed by atoms with Crippen LogP contribution < -0.4 is 16.2 Å². The van der Waals surface area contributed by atoms with Crippen molar-refractivity contribution < 1.29 is 9.72 Å². The predicted molar refractivity (Wildman–Crippen MR) is 107 cm³/mol. The number of anilines is 3. The molecule has 1 aromatic heterocycles. The Kier molecular flexibility index (Phi) is 4.69. The van der Waals surface area contributed by atoms with Crippen LogP contribution in [-0.2, 0) is 4.79 Å². The van der Waals surface area contributed by atoms with E-state index in [9.17, 15) is 25.0 Å². The third-order valence-electron chi connectivity index (χ3n) is 4.76. The van der Waals surface area contributed by atoms with Crippen molar-refractivity contribution in [3.63, 3.8) is 0 Å². The van der Waals surface area contributed by atoms with Crippen LogP contribution >= 0.6 is 0 Å². The molecule has 0 spiro atoms. The summed E-state index contributed by atoms with van der Waals surface area (Å²) in [7, 11) is 0. The van der Waals surface area contributed by atoms with E-state index in [1.165, 1.54) is 24.3 Å². The molecule has 1 aliphatic rings. The molecule has 1 aliphatic heterocycles. The minimum absolute atomic E-state index is 0.0389. The highest BCUT2D eigenvalue weighted by Gasteiger charge is 2.40. The molecule has 2 atom stereocenters. The number of benzene rings is 2. The first-order chi connectivity index (χ1) is 14.5. The Hall–Kier alpha value is -4.52. The van der Waals surface area contributed by atoms with Crippen LogP contribution in [0.4, 0.5) is 23.1 Å². The van der Waals surface area contributed by atoms with Crippen molar-refractivity contribution in [1.29, 1.82) is 5.26 Å². The fourth-order valence-electron chi connectivity index (χ4n) is 3.39. The Morgan fingerprint density at radius 2 is 1.80 bits per heavy atom. The molecule has 0 saturated heterocycles. The van der Waals surface area contributed by atoms with Gasteiger partial charge in [-0.15, -0.1) is 0 Å². The molecule has 30 heavy (non-hydrogen) atoms. The van der Waals surface area contributed by atoms with Crippen LogP contribution in [0, 0.1) is 27.4 Å². The summed E-state index contributed by atoms with van der Waals surface area (Å²) in [5, 5.41) is 25.9. The second-order valence-corrected chi connectivity index (χ2v) is 6.59. The van der Waals surface area contributed by atoms with Gasteiger partial charge in [0.2, 0.25) is 11.9 Å². The largest absolute Gasteiger partial charge is 0.326 e. The van der Waals surface area contributed by atoms with Crippen molar-refractivity contribution in [1.82, 2.24) is 9.97 Å². The number of nitriles is 1. The van der Waals surface area contributed by atoms with Crippen molar-refractivity contribution in [3.8, 4) is 6.07 Å². The molecule has 0 bridgehead atoms. The number of non-ortho nitro benzene ring substituents is 1. The highest BCUT2D eigenvalue weighted by atomic mass is 16.6. The van der Waals surface area contributed by atoms with Gasteiger partial charge in [-0.2, -0.15) is 10.2 Å². The van der Waals surface area contributed by atoms with E-state index in [0.717, 1.165) is 0 Å². The summed E-state index contributed by atoms with van der Waals surface area (Å²) in [6.45, 7) is 0.